The second-order valence-electron chi connectivity index (χ2n) is 6.61. The third kappa shape index (κ3) is 3.54. The maximum absolute atomic E-state index is 12.8. The number of hydrogen-bond acceptors (Lipinski definition) is 3. The molecule has 1 aromatic rings. The first-order valence-electron chi connectivity index (χ1n) is 8.48. The molecule has 0 bridgehead atoms. The van der Waals surface area contributed by atoms with Crippen molar-refractivity contribution in [3.05, 3.63) is 42.0 Å². The lowest BCUT2D eigenvalue weighted by Gasteiger charge is -2.35. The van der Waals surface area contributed by atoms with Gasteiger partial charge < -0.3 is 4.90 Å². The van der Waals surface area contributed by atoms with E-state index in [1.54, 1.807) is 30.3 Å². The molecule has 0 radical (unpaired) electrons. The fraction of sp³-hybridized carbons (Fsp3) is 0.500. The van der Waals surface area contributed by atoms with Crippen molar-refractivity contribution in [2.24, 2.45) is 5.92 Å². The predicted molar refractivity (Wildman–Crippen MR) is 92.9 cm³/mol. The lowest BCUT2D eigenvalue weighted by molar-refractivity contribution is -0.136. The number of hydrogen-bond donors (Lipinski definition) is 0. The molecule has 3 rings (SSSR count). The number of amides is 1. The zero-order valence-corrected chi connectivity index (χ0v) is 14.8. The van der Waals surface area contributed by atoms with Gasteiger partial charge in [0.2, 0.25) is 15.9 Å². The van der Waals surface area contributed by atoms with E-state index >= 15 is 0 Å². The maximum atomic E-state index is 12.8. The standard InChI is InChI=1S/C18H24N2O3S/c1-15-7-5-11-19(13-15)18(21)16-8-6-12-20(14-16)24(22,23)17-9-3-2-4-10-17/h2-4,7,9-10,16H,5-6,8,11-14H2,1H3/t16-/m0/s1. The van der Waals surface area contributed by atoms with Crippen LogP contribution in [0.3, 0.4) is 0 Å². The summed E-state index contributed by atoms with van der Waals surface area (Å²) in [6.07, 6.45) is 4.54. The third-order valence-corrected chi connectivity index (χ3v) is 6.64. The number of piperidine rings is 1. The van der Waals surface area contributed by atoms with Crippen molar-refractivity contribution in [3.63, 3.8) is 0 Å². The van der Waals surface area contributed by atoms with Crippen LogP contribution in [0, 0.1) is 5.92 Å². The predicted octanol–water partition coefficient (Wildman–Crippen LogP) is 2.27. The highest BCUT2D eigenvalue weighted by Gasteiger charge is 2.35. The van der Waals surface area contributed by atoms with Crippen LogP contribution >= 0.6 is 0 Å². The molecule has 0 spiro atoms. The van der Waals surface area contributed by atoms with Gasteiger partial charge in [0.1, 0.15) is 0 Å². The van der Waals surface area contributed by atoms with E-state index in [1.165, 1.54) is 9.88 Å². The Morgan fingerprint density at radius 2 is 1.92 bits per heavy atom. The second kappa shape index (κ2) is 7.07. The van der Waals surface area contributed by atoms with Crippen LogP contribution < -0.4 is 0 Å². The molecule has 24 heavy (non-hydrogen) atoms. The Hall–Kier alpha value is -1.66. The average Bonchev–Trinajstić information content (AvgIpc) is 2.62. The van der Waals surface area contributed by atoms with Crippen molar-refractivity contribution in [1.29, 1.82) is 0 Å². The molecule has 2 aliphatic rings. The van der Waals surface area contributed by atoms with Crippen LogP contribution in [0.2, 0.25) is 0 Å². The van der Waals surface area contributed by atoms with E-state index in [9.17, 15) is 13.2 Å². The van der Waals surface area contributed by atoms with Gasteiger partial charge >= 0.3 is 0 Å². The van der Waals surface area contributed by atoms with Gasteiger partial charge in [0.15, 0.2) is 0 Å². The molecule has 6 heteroatoms. The van der Waals surface area contributed by atoms with Gasteiger partial charge in [-0.3, -0.25) is 4.79 Å². The third-order valence-electron chi connectivity index (χ3n) is 4.76. The first-order valence-corrected chi connectivity index (χ1v) is 9.92. The van der Waals surface area contributed by atoms with Gasteiger partial charge in [-0.2, -0.15) is 4.31 Å². The summed E-state index contributed by atoms with van der Waals surface area (Å²) in [5, 5.41) is 0. The number of rotatable bonds is 3. The number of benzene rings is 1. The van der Waals surface area contributed by atoms with Gasteiger partial charge in [-0.15, -0.1) is 0 Å². The summed E-state index contributed by atoms with van der Waals surface area (Å²) in [5.41, 5.74) is 1.21. The SMILES string of the molecule is CC1=CCCN(C(=O)[C@H]2CCCN(S(=O)(=O)c3ccccc3)C2)C1. The van der Waals surface area contributed by atoms with E-state index in [-0.39, 0.29) is 18.4 Å². The topological polar surface area (TPSA) is 57.7 Å². The molecule has 1 aromatic carbocycles. The van der Waals surface area contributed by atoms with Gasteiger partial charge in [0.05, 0.1) is 10.8 Å². The van der Waals surface area contributed by atoms with E-state index in [4.69, 9.17) is 0 Å². The zero-order valence-electron chi connectivity index (χ0n) is 14.0. The summed E-state index contributed by atoms with van der Waals surface area (Å²) in [7, 11) is -3.52. The highest BCUT2D eigenvalue weighted by atomic mass is 32.2. The number of nitrogens with zero attached hydrogens (tertiary/aromatic N) is 2. The lowest BCUT2D eigenvalue weighted by atomic mass is 9.97. The molecule has 0 saturated carbocycles. The van der Waals surface area contributed by atoms with Crippen molar-refractivity contribution >= 4 is 15.9 Å². The number of carbonyl (C=O) groups excluding carboxylic acids is 1. The lowest BCUT2D eigenvalue weighted by Crippen LogP contribution is -2.47. The summed E-state index contributed by atoms with van der Waals surface area (Å²) in [4.78, 5) is 15.0. The van der Waals surface area contributed by atoms with Crippen LogP contribution in [0.5, 0.6) is 0 Å². The van der Waals surface area contributed by atoms with Gasteiger partial charge in [0.25, 0.3) is 0 Å². The molecule has 1 fully saturated rings. The van der Waals surface area contributed by atoms with Crippen LogP contribution in [-0.2, 0) is 14.8 Å². The van der Waals surface area contributed by atoms with Crippen LogP contribution in [0.25, 0.3) is 0 Å². The summed E-state index contributed by atoms with van der Waals surface area (Å²) in [6.45, 7) is 4.21. The van der Waals surface area contributed by atoms with Crippen LogP contribution in [0.1, 0.15) is 26.2 Å². The van der Waals surface area contributed by atoms with E-state index in [1.807, 2.05) is 11.8 Å². The minimum absolute atomic E-state index is 0.0930. The molecular weight excluding hydrogens is 324 g/mol. The Balaban J connectivity index is 1.73. The molecule has 0 aromatic heterocycles. The molecule has 130 valence electrons. The van der Waals surface area contributed by atoms with Crippen molar-refractivity contribution in [1.82, 2.24) is 9.21 Å². The first-order chi connectivity index (χ1) is 11.5. The normalized spacial score (nSPS) is 23.0. The maximum Gasteiger partial charge on any atom is 0.243 e. The van der Waals surface area contributed by atoms with Gasteiger partial charge in [-0.05, 0) is 38.3 Å². The second-order valence-corrected chi connectivity index (χ2v) is 8.55. The van der Waals surface area contributed by atoms with Crippen molar-refractivity contribution in [3.8, 4) is 0 Å². The monoisotopic (exact) mass is 348 g/mol. The Morgan fingerprint density at radius 3 is 2.62 bits per heavy atom. The molecule has 1 amide bonds. The average molecular weight is 348 g/mol. The van der Waals surface area contributed by atoms with Crippen LogP contribution in [0.15, 0.2) is 46.9 Å². The highest BCUT2D eigenvalue weighted by molar-refractivity contribution is 7.89. The number of sulfonamides is 1. The van der Waals surface area contributed by atoms with Gasteiger partial charge in [-0.1, -0.05) is 29.8 Å². The smallest absolute Gasteiger partial charge is 0.243 e. The minimum atomic E-state index is -3.52. The summed E-state index contributed by atoms with van der Waals surface area (Å²) < 4.78 is 27.0. The zero-order chi connectivity index (χ0) is 17.2. The Kier molecular flexibility index (Phi) is 5.06. The molecule has 1 atom stereocenters. The molecule has 0 aliphatic carbocycles. The largest absolute Gasteiger partial charge is 0.338 e. The Morgan fingerprint density at radius 1 is 1.17 bits per heavy atom. The molecular formula is C18H24N2O3S. The van der Waals surface area contributed by atoms with E-state index < -0.39 is 10.0 Å². The summed E-state index contributed by atoms with van der Waals surface area (Å²) in [5.74, 6) is -0.140. The van der Waals surface area contributed by atoms with Crippen LogP contribution in [-0.4, -0.2) is 49.7 Å². The molecule has 5 nitrogen and oxygen atoms in total. The minimum Gasteiger partial charge on any atom is -0.338 e. The Labute approximate surface area is 144 Å². The van der Waals surface area contributed by atoms with Gasteiger partial charge in [-0.25, -0.2) is 8.42 Å². The Bertz CT molecular complexity index is 728. The van der Waals surface area contributed by atoms with E-state index in [0.29, 0.717) is 18.0 Å². The highest BCUT2D eigenvalue weighted by Crippen LogP contribution is 2.25. The van der Waals surface area contributed by atoms with E-state index in [0.717, 1.165) is 25.8 Å². The molecule has 0 N–H and O–H groups in total. The van der Waals surface area contributed by atoms with E-state index in [2.05, 4.69) is 6.08 Å². The fourth-order valence-electron chi connectivity index (χ4n) is 3.46. The van der Waals surface area contributed by atoms with Crippen molar-refractivity contribution in [2.75, 3.05) is 26.2 Å². The molecule has 2 aliphatic heterocycles. The molecule has 2 heterocycles. The fourth-order valence-corrected chi connectivity index (χ4v) is 5.01. The van der Waals surface area contributed by atoms with Crippen LogP contribution in [0.4, 0.5) is 0 Å². The number of carbonyl (C=O) groups is 1. The summed E-state index contributed by atoms with van der Waals surface area (Å²) in [6, 6.07) is 8.47. The molecule has 0 unspecified atom stereocenters. The van der Waals surface area contributed by atoms with Crippen molar-refractivity contribution < 1.29 is 13.2 Å². The first kappa shape index (κ1) is 17.2. The van der Waals surface area contributed by atoms with Crippen molar-refractivity contribution in [2.45, 2.75) is 31.1 Å². The summed E-state index contributed by atoms with van der Waals surface area (Å²) >= 11 is 0. The van der Waals surface area contributed by atoms with Gasteiger partial charge in [0, 0.05) is 26.2 Å². The quantitative estimate of drug-likeness (QED) is 0.788. The molecule has 1 saturated heterocycles.